The second-order valence-electron chi connectivity index (χ2n) is 2.89. The van der Waals surface area contributed by atoms with Crippen molar-refractivity contribution in [3.05, 3.63) is 29.8 Å². The van der Waals surface area contributed by atoms with Crippen molar-refractivity contribution in [1.82, 2.24) is 0 Å². The Bertz CT molecular complexity index is 310. The van der Waals surface area contributed by atoms with E-state index >= 15 is 0 Å². The van der Waals surface area contributed by atoms with Crippen molar-refractivity contribution >= 4 is 17.5 Å². The van der Waals surface area contributed by atoms with Gasteiger partial charge in [-0.15, -0.1) is 11.8 Å². The highest BCUT2D eigenvalue weighted by atomic mass is 32.2. The summed E-state index contributed by atoms with van der Waals surface area (Å²) >= 11 is 1.65. The number of thioether (sulfide) groups is 1. The van der Waals surface area contributed by atoms with Crippen molar-refractivity contribution in [3.8, 4) is 0 Å². The van der Waals surface area contributed by atoms with E-state index in [0.717, 1.165) is 16.2 Å². The summed E-state index contributed by atoms with van der Waals surface area (Å²) in [7, 11) is 1.68. The highest BCUT2D eigenvalue weighted by Crippen LogP contribution is 2.22. The van der Waals surface area contributed by atoms with Gasteiger partial charge in [-0.25, -0.2) is 0 Å². The summed E-state index contributed by atoms with van der Waals surface area (Å²) in [6.07, 6.45) is 0. The fourth-order valence-electron chi connectivity index (χ4n) is 1.12. The lowest BCUT2D eigenvalue weighted by Gasteiger charge is -2.05. The molecule has 0 spiro atoms. The molecule has 0 aliphatic rings. The van der Waals surface area contributed by atoms with E-state index in [0.29, 0.717) is 6.61 Å². The number of benzene rings is 1. The maximum absolute atomic E-state index is 11.3. The van der Waals surface area contributed by atoms with Crippen LogP contribution in [0.5, 0.6) is 0 Å². The van der Waals surface area contributed by atoms with Crippen molar-refractivity contribution in [2.45, 2.75) is 11.8 Å². The minimum absolute atomic E-state index is 0.116. The molecule has 0 aliphatic carbocycles. The molecule has 0 saturated carbocycles. The molecule has 0 aliphatic heterocycles. The first-order chi connectivity index (χ1) is 6.75. The SMILES string of the molecule is COCCSc1ccccc1C(C)=O. The van der Waals surface area contributed by atoms with Crippen LogP contribution < -0.4 is 0 Å². The highest BCUT2D eigenvalue weighted by Gasteiger charge is 2.05. The number of ketones is 1. The molecule has 3 heteroatoms. The predicted octanol–water partition coefficient (Wildman–Crippen LogP) is 2.63. The monoisotopic (exact) mass is 210 g/mol. The van der Waals surface area contributed by atoms with E-state index in [2.05, 4.69) is 0 Å². The number of methoxy groups -OCH3 is 1. The van der Waals surface area contributed by atoms with E-state index in [1.807, 2.05) is 24.3 Å². The number of rotatable bonds is 5. The maximum Gasteiger partial charge on any atom is 0.160 e. The molecule has 0 amide bonds. The van der Waals surface area contributed by atoms with Crippen LogP contribution in [0.2, 0.25) is 0 Å². The van der Waals surface area contributed by atoms with E-state index in [1.165, 1.54) is 0 Å². The smallest absolute Gasteiger partial charge is 0.160 e. The second kappa shape index (κ2) is 5.83. The van der Waals surface area contributed by atoms with E-state index in [4.69, 9.17) is 4.74 Å². The van der Waals surface area contributed by atoms with Gasteiger partial charge in [0.2, 0.25) is 0 Å². The van der Waals surface area contributed by atoms with Crippen LogP contribution in [0.4, 0.5) is 0 Å². The zero-order valence-corrected chi connectivity index (χ0v) is 9.26. The van der Waals surface area contributed by atoms with Gasteiger partial charge in [-0.2, -0.15) is 0 Å². The molecule has 0 heterocycles. The third-order valence-corrected chi connectivity index (χ3v) is 2.85. The van der Waals surface area contributed by atoms with Crippen LogP contribution in [-0.2, 0) is 4.74 Å². The Kier molecular flexibility index (Phi) is 4.70. The highest BCUT2D eigenvalue weighted by molar-refractivity contribution is 7.99. The molecule has 14 heavy (non-hydrogen) atoms. The Morgan fingerprint density at radius 1 is 1.43 bits per heavy atom. The average Bonchev–Trinajstić information content (AvgIpc) is 2.19. The summed E-state index contributed by atoms with van der Waals surface area (Å²) in [5, 5.41) is 0. The molecule has 76 valence electrons. The molecule has 0 bridgehead atoms. The predicted molar refractivity (Wildman–Crippen MR) is 59.0 cm³/mol. The first-order valence-corrected chi connectivity index (χ1v) is 5.46. The van der Waals surface area contributed by atoms with Gasteiger partial charge in [-0.05, 0) is 13.0 Å². The molecule has 0 aromatic heterocycles. The van der Waals surface area contributed by atoms with Crippen LogP contribution in [0.15, 0.2) is 29.2 Å². The molecule has 2 nitrogen and oxygen atoms in total. The quantitative estimate of drug-likeness (QED) is 0.424. The summed E-state index contributed by atoms with van der Waals surface area (Å²) in [6.45, 7) is 2.30. The van der Waals surface area contributed by atoms with Gasteiger partial charge in [0.05, 0.1) is 6.61 Å². The first-order valence-electron chi connectivity index (χ1n) is 4.47. The fraction of sp³-hybridized carbons (Fsp3) is 0.364. The normalized spacial score (nSPS) is 10.1. The minimum atomic E-state index is 0.116. The zero-order valence-electron chi connectivity index (χ0n) is 8.45. The molecule has 0 radical (unpaired) electrons. The lowest BCUT2D eigenvalue weighted by molar-refractivity contribution is 0.101. The number of hydrogen-bond donors (Lipinski definition) is 0. The molecular formula is C11H14O2S. The molecule has 0 saturated heterocycles. The number of carbonyl (C=O) groups excluding carboxylic acids is 1. The van der Waals surface area contributed by atoms with E-state index in [1.54, 1.807) is 25.8 Å². The van der Waals surface area contributed by atoms with E-state index in [-0.39, 0.29) is 5.78 Å². The van der Waals surface area contributed by atoms with Gasteiger partial charge in [0.1, 0.15) is 0 Å². The Balaban J connectivity index is 2.69. The van der Waals surface area contributed by atoms with Gasteiger partial charge in [0.15, 0.2) is 5.78 Å². The summed E-state index contributed by atoms with van der Waals surface area (Å²) in [5.41, 5.74) is 0.800. The largest absolute Gasteiger partial charge is 0.384 e. The first kappa shape index (κ1) is 11.3. The standard InChI is InChI=1S/C11H14O2S/c1-9(12)10-5-3-4-6-11(10)14-8-7-13-2/h3-6H,7-8H2,1-2H3. The van der Waals surface area contributed by atoms with Gasteiger partial charge in [-0.1, -0.05) is 18.2 Å². The van der Waals surface area contributed by atoms with E-state index < -0.39 is 0 Å². The Labute approximate surface area is 88.7 Å². The molecule has 0 N–H and O–H groups in total. The van der Waals surface area contributed by atoms with Crippen LogP contribution in [0.1, 0.15) is 17.3 Å². The van der Waals surface area contributed by atoms with Gasteiger partial charge >= 0.3 is 0 Å². The van der Waals surface area contributed by atoms with Crippen LogP contribution >= 0.6 is 11.8 Å². The van der Waals surface area contributed by atoms with Crippen molar-refractivity contribution in [1.29, 1.82) is 0 Å². The molecule has 1 rings (SSSR count). The van der Waals surface area contributed by atoms with Crippen molar-refractivity contribution in [2.75, 3.05) is 19.5 Å². The lowest BCUT2D eigenvalue weighted by Crippen LogP contribution is -1.97. The molecule has 1 aromatic carbocycles. The molecule has 1 aromatic rings. The number of hydrogen-bond acceptors (Lipinski definition) is 3. The van der Waals surface area contributed by atoms with Gasteiger partial charge in [0.25, 0.3) is 0 Å². The van der Waals surface area contributed by atoms with Gasteiger partial charge < -0.3 is 4.74 Å². The number of ether oxygens (including phenoxy) is 1. The molecular weight excluding hydrogens is 196 g/mol. The van der Waals surface area contributed by atoms with Crippen molar-refractivity contribution in [3.63, 3.8) is 0 Å². The summed E-state index contributed by atoms with van der Waals surface area (Å²) in [5.74, 6) is 0.992. The second-order valence-corrected chi connectivity index (χ2v) is 4.03. The van der Waals surface area contributed by atoms with E-state index in [9.17, 15) is 4.79 Å². The Morgan fingerprint density at radius 3 is 2.79 bits per heavy atom. The zero-order chi connectivity index (χ0) is 10.4. The Hall–Kier alpha value is -0.800. The molecule has 0 atom stereocenters. The summed E-state index contributed by atoms with van der Waals surface area (Å²) < 4.78 is 4.96. The average molecular weight is 210 g/mol. The number of Topliss-reactive ketones (excluding diaryl/α,β-unsaturated/α-hetero) is 1. The van der Waals surface area contributed by atoms with Crippen LogP contribution in [0.25, 0.3) is 0 Å². The fourth-order valence-corrected chi connectivity index (χ4v) is 2.13. The van der Waals surface area contributed by atoms with Crippen molar-refractivity contribution < 1.29 is 9.53 Å². The molecule has 0 unspecified atom stereocenters. The van der Waals surface area contributed by atoms with Gasteiger partial charge in [0, 0.05) is 23.3 Å². The van der Waals surface area contributed by atoms with Crippen LogP contribution in [0, 0.1) is 0 Å². The van der Waals surface area contributed by atoms with Crippen LogP contribution in [-0.4, -0.2) is 25.3 Å². The van der Waals surface area contributed by atoms with Crippen LogP contribution in [0.3, 0.4) is 0 Å². The summed E-state index contributed by atoms with van der Waals surface area (Å²) in [6, 6.07) is 7.66. The molecule has 0 fully saturated rings. The lowest BCUT2D eigenvalue weighted by atomic mass is 10.1. The maximum atomic E-state index is 11.3. The number of carbonyl (C=O) groups is 1. The Morgan fingerprint density at radius 2 is 2.14 bits per heavy atom. The topological polar surface area (TPSA) is 26.3 Å². The summed E-state index contributed by atoms with van der Waals surface area (Å²) in [4.78, 5) is 12.3. The third-order valence-electron chi connectivity index (χ3n) is 1.81. The van der Waals surface area contributed by atoms with Crippen molar-refractivity contribution in [2.24, 2.45) is 0 Å². The third kappa shape index (κ3) is 3.16. The minimum Gasteiger partial charge on any atom is -0.384 e. The van der Waals surface area contributed by atoms with Gasteiger partial charge in [-0.3, -0.25) is 4.79 Å².